The molecule has 0 amide bonds. The minimum Gasteiger partial charge on any atom is -0.497 e. The van der Waals surface area contributed by atoms with Crippen LogP contribution in [0.4, 0.5) is 0 Å². The molecular weight excluding hydrogens is 214 g/mol. The van der Waals surface area contributed by atoms with Crippen molar-refractivity contribution in [3.63, 3.8) is 0 Å². The molecule has 1 aliphatic rings. The van der Waals surface area contributed by atoms with Crippen molar-refractivity contribution in [1.29, 1.82) is 0 Å². The Morgan fingerprint density at radius 2 is 2.00 bits per heavy atom. The Bertz CT molecular complexity index is 333. The van der Waals surface area contributed by atoms with Crippen LogP contribution < -0.4 is 10.1 Å². The Kier molecular flexibility index (Phi) is 4.40. The highest BCUT2D eigenvalue weighted by atomic mass is 16.5. The summed E-state index contributed by atoms with van der Waals surface area (Å²) in [4.78, 5) is 0. The molecule has 0 saturated heterocycles. The highest BCUT2D eigenvalue weighted by Gasteiger charge is 2.23. The van der Waals surface area contributed by atoms with Crippen LogP contribution in [0.1, 0.15) is 30.9 Å². The summed E-state index contributed by atoms with van der Waals surface area (Å²) in [5.74, 6) is 0.889. The van der Waals surface area contributed by atoms with Crippen molar-refractivity contribution in [2.45, 2.75) is 31.5 Å². The molecule has 0 heterocycles. The fourth-order valence-electron chi connectivity index (χ4n) is 1.99. The van der Waals surface area contributed by atoms with E-state index in [9.17, 15) is 0 Å². The average Bonchev–Trinajstić information content (AvgIpc) is 2.32. The first-order chi connectivity index (χ1) is 8.33. The van der Waals surface area contributed by atoms with Gasteiger partial charge in [0.2, 0.25) is 0 Å². The fourth-order valence-corrected chi connectivity index (χ4v) is 1.99. The summed E-state index contributed by atoms with van der Waals surface area (Å²) < 4.78 is 11.2. The Hall–Kier alpha value is -1.06. The molecule has 17 heavy (non-hydrogen) atoms. The zero-order valence-electron chi connectivity index (χ0n) is 10.6. The van der Waals surface area contributed by atoms with Crippen molar-refractivity contribution in [3.8, 4) is 5.75 Å². The average molecular weight is 235 g/mol. The van der Waals surface area contributed by atoms with E-state index in [1.165, 1.54) is 24.8 Å². The largest absolute Gasteiger partial charge is 0.497 e. The first kappa shape index (κ1) is 12.4. The van der Waals surface area contributed by atoms with Gasteiger partial charge in [-0.05, 0) is 44.0 Å². The predicted molar refractivity (Wildman–Crippen MR) is 68.4 cm³/mol. The third kappa shape index (κ3) is 3.20. The minimum absolute atomic E-state index is 0.149. The summed E-state index contributed by atoms with van der Waals surface area (Å²) in [6, 6.07) is 8.14. The predicted octanol–water partition coefficient (Wildman–Crippen LogP) is 2.52. The highest BCUT2D eigenvalue weighted by Crippen LogP contribution is 2.29. The van der Waals surface area contributed by atoms with Gasteiger partial charge < -0.3 is 14.8 Å². The Labute approximate surface area is 103 Å². The number of hydrogen-bond acceptors (Lipinski definition) is 3. The van der Waals surface area contributed by atoms with E-state index in [0.29, 0.717) is 6.10 Å². The SMILES string of the molecule is CNCC(OC1CCC1)c1ccc(OC)cc1. The monoisotopic (exact) mass is 235 g/mol. The number of methoxy groups -OCH3 is 1. The molecule has 0 bridgehead atoms. The van der Waals surface area contributed by atoms with Crippen LogP contribution in [0.2, 0.25) is 0 Å². The molecule has 1 saturated carbocycles. The Morgan fingerprint density at radius 3 is 2.47 bits per heavy atom. The van der Waals surface area contributed by atoms with E-state index in [1.807, 2.05) is 19.2 Å². The number of ether oxygens (including phenoxy) is 2. The molecule has 0 aliphatic heterocycles. The summed E-state index contributed by atoms with van der Waals surface area (Å²) in [5, 5.41) is 3.19. The summed E-state index contributed by atoms with van der Waals surface area (Å²) in [6.07, 6.45) is 4.32. The lowest BCUT2D eigenvalue weighted by Gasteiger charge is -2.30. The van der Waals surface area contributed by atoms with Gasteiger partial charge in [-0.1, -0.05) is 12.1 Å². The number of rotatable bonds is 6. The molecule has 1 aliphatic carbocycles. The van der Waals surface area contributed by atoms with Gasteiger partial charge in [0.05, 0.1) is 19.3 Å². The molecule has 1 unspecified atom stereocenters. The van der Waals surface area contributed by atoms with E-state index >= 15 is 0 Å². The smallest absolute Gasteiger partial charge is 0.118 e. The van der Waals surface area contributed by atoms with Gasteiger partial charge in [0.25, 0.3) is 0 Å². The van der Waals surface area contributed by atoms with Crippen LogP contribution in [0.15, 0.2) is 24.3 Å². The number of hydrogen-bond donors (Lipinski definition) is 1. The molecule has 1 aromatic carbocycles. The van der Waals surface area contributed by atoms with Crippen LogP contribution in [0.5, 0.6) is 5.75 Å². The van der Waals surface area contributed by atoms with E-state index in [4.69, 9.17) is 9.47 Å². The zero-order valence-corrected chi connectivity index (χ0v) is 10.6. The molecule has 3 heteroatoms. The molecule has 1 aromatic rings. The quantitative estimate of drug-likeness (QED) is 0.822. The van der Waals surface area contributed by atoms with E-state index in [2.05, 4.69) is 17.4 Å². The van der Waals surface area contributed by atoms with Crippen LogP contribution in [0.25, 0.3) is 0 Å². The number of nitrogens with one attached hydrogen (secondary N) is 1. The Balaban J connectivity index is 2.01. The lowest BCUT2D eigenvalue weighted by molar-refractivity contribution is -0.0513. The van der Waals surface area contributed by atoms with Crippen molar-refractivity contribution >= 4 is 0 Å². The molecule has 1 fully saturated rings. The number of likely N-dealkylation sites (N-methyl/N-ethyl adjacent to an activating group) is 1. The van der Waals surface area contributed by atoms with E-state index in [0.717, 1.165) is 12.3 Å². The third-order valence-electron chi connectivity index (χ3n) is 3.29. The second-order valence-electron chi connectivity index (χ2n) is 4.51. The fraction of sp³-hybridized carbons (Fsp3) is 0.571. The van der Waals surface area contributed by atoms with Crippen molar-refractivity contribution < 1.29 is 9.47 Å². The van der Waals surface area contributed by atoms with Crippen LogP contribution in [-0.2, 0) is 4.74 Å². The van der Waals surface area contributed by atoms with Gasteiger partial charge in [0.15, 0.2) is 0 Å². The van der Waals surface area contributed by atoms with E-state index < -0.39 is 0 Å². The molecule has 1 N–H and O–H groups in total. The van der Waals surface area contributed by atoms with Crippen molar-refractivity contribution in [2.24, 2.45) is 0 Å². The molecule has 0 aromatic heterocycles. The number of benzene rings is 1. The summed E-state index contributed by atoms with van der Waals surface area (Å²) in [5.41, 5.74) is 1.21. The first-order valence-corrected chi connectivity index (χ1v) is 6.27. The van der Waals surface area contributed by atoms with Gasteiger partial charge in [-0.2, -0.15) is 0 Å². The van der Waals surface area contributed by atoms with Crippen molar-refractivity contribution in [2.75, 3.05) is 20.7 Å². The van der Waals surface area contributed by atoms with Gasteiger partial charge in [0, 0.05) is 6.54 Å². The Morgan fingerprint density at radius 1 is 1.29 bits per heavy atom. The normalized spacial score (nSPS) is 17.5. The standard InChI is InChI=1S/C14H21NO2/c1-15-10-14(17-13-4-3-5-13)11-6-8-12(16-2)9-7-11/h6-9,13-15H,3-5,10H2,1-2H3. The van der Waals surface area contributed by atoms with Crippen molar-refractivity contribution in [1.82, 2.24) is 5.32 Å². The van der Waals surface area contributed by atoms with Crippen LogP contribution in [-0.4, -0.2) is 26.8 Å². The van der Waals surface area contributed by atoms with E-state index in [1.54, 1.807) is 7.11 Å². The molecule has 3 nitrogen and oxygen atoms in total. The molecule has 0 spiro atoms. The van der Waals surface area contributed by atoms with Gasteiger partial charge in [-0.15, -0.1) is 0 Å². The maximum Gasteiger partial charge on any atom is 0.118 e. The molecule has 0 radical (unpaired) electrons. The van der Waals surface area contributed by atoms with Crippen molar-refractivity contribution in [3.05, 3.63) is 29.8 Å². The summed E-state index contributed by atoms with van der Waals surface area (Å²) in [7, 11) is 3.64. The lowest BCUT2D eigenvalue weighted by Crippen LogP contribution is -2.28. The van der Waals surface area contributed by atoms with Crippen LogP contribution in [0, 0.1) is 0 Å². The van der Waals surface area contributed by atoms with Gasteiger partial charge in [-0.3, -0.25) is 0 Å². The van der Waals surface area contributed by atoms with E-state index in [-0.39, 0.29) is 6.10 Å². The molecule has 94 valence electrons. The third-order valence-corrected chi connectivity index (χ3v) is 3.29. The van der Waals surface area contributed by atoms with Gasteiger partial charge in [0.1, 0.15) is 5.75 Å². The van der Waals surface area contributed by atoms with Crippen LogP contribution >= 0.6 is 0 Å². The zero-order chi connectivity index (χ0) is 12.1. The first-order valence-electron chi connectivity index (χ1n) is 6.27. The van der Waals surface area contributed by atoms with Gasteiger partial charge in [-0.25, -0.2) is 0 Å². The topological polar surface area (TPSA) is 30.5 Å². The minimum atomic E-state index is 0.149. The summed E-state index contributed by atoms with van der Waals surface area (Å²) in [6.45, 7) is 0.850. The van der Waals surface area contributed by atoms with Gasteiger partial charge >= 0.3 is 0 Å². The maximum absolute atomic E-state index is 6.08. The molecular formula is C14H21NO2. The maximum atomic E-state index is 6.08. The second-order valence-corrected chi connectivity index (χ2v) is 4.51. The molecule has 2 rings (SSSR count). The summed E-state index contributed by atoms with van der Waals surface area (Å²) >= 11 is 0. The lowest BCUT2D eigenvalue weighted by atomic mass is 9.95. The highest BCUT2D eigenvalue weighted by molar-refractivity contribution is 5.28. The second kappa shape index (κ2) is 6.03. The van der Waals surface area contributed by atoms with Crippen LogP contribution in [0.3, 0.4) is 0 Å². The molecule has 1 atom stereocenters.